The van der Waals surface area contributed by atoms with E-state index < -0.39 is 34.4 Å². The highest BCUT2D eigenvalue weighted by molar-refractivity contribution is 6.30. The van der Waals surface area contributed by atoms with Crippen molar-refractivity contribution in [2.24, 2.45) is 11.1 Å². The van der Waals surface area contributed by atoms with Gasteiger partial charge in [0.05, 0.1) is 46.0 Å². The minimum absolute atomic E-state index is 0.0179. The highest BCUT2D eigenvalue weighted by Crippen LogP contribution is 2.50. The SMILES string of the molecule is CC(C)(O)c1cc(F)c2c(c1)C(=O)N(Cc1ccc(Cl)cn1)[C@@]2(OOCC1(C(N)=O)CC1)c1ccc(Cl)cc1. The first-order valence-electron chi connectivity index (χ1n) is 12.2. The highest BCUT2D eigenvalue weighted by Gasteiger charge is 2.57. The Labute approximate surface area is 234 Å². The Hall–Kier alpha value is -3.08. The number of amides is 2. The van der Waals surface area contributed by atoms with E-state index in [0.717, 1.165) is 6.07 Å². The molecule has 0 saturated heterocycles. The van der Waals surface area contributed by atoms with Gasteiger partial charge in [0, 0.05) is 16.8 Å². The molecule has 0 unspecified atom stereocenters. The molecule has 2 aromatic carbocycles. The molecule has 1 fully saturated rings. The van der Waals surface area contributed by atoms with Crippen molar-refractivity contribution in [3.8, 4) is 0 Å². The lowest BCUT2D eigenvalue weighted by atomic mass is 9.89. The molecule has 0 bridgehead atoms. The molecule has 2 heterocycles. The van der Waals surface area contributed by atoms with Gasteiger partial charge in [0.15, 0.2) is 0 Å². The van der Waals surface area contributed by atoms with Gasteiger partial charge in [0.1, 0.15) is 5.82 Å². The van der Waals surface area contributed by atoms with Crippen LogP contribution in [0.1, 0.15) is 59.4 Å². The third-order valence-electron chi connectivity index (χ3n) is 7.23. The quantitative estimate of drug-likeness (QED) is 0.280. The van der Waals surface area contributed by atoms with Gasteiger partial charge in [-0.2, -0.15) is 4.89 Å². The molecule has 204 valence electrons. The van der Waals surface area contributed by atoms with Gasteiger partial charge >= 0.3 is 0 Å². The lowest BCUT2D eigenvalue weighted by Gasteiger charge is -2.38. The fourth-order valence-electron chi connectivity index (χ4n) is 4.69. The van der Waals surface area contributed by atoms with Crippen LogP contribution in [0, 0.1) is 11.2 Å². The average Bonchev–Trinajstić information content (AvgIpc) is 3.63. The summed E-state index contributed by atoms with van der Waals surface area (Å²) in [5.74, 6) is -1.90. The van der Waals surface area contributed by atoms with Crippen molar-refractivity contribution in [1.29, 1.82) is 0 Å². The summed E-state index contributed by atoms with van der Waals surface area (Å²) in [6.45, 7) is 2.69. The minimum Gasteiger partial charge on any atom is -0.386 e. The number of hydrogen-bond acceptors (Lipinski definition) is 6. The zero-order valence-corrected chi connectivity index (χ0v) is 22.7. The standard InChI is InChI=1S/C28H26Cl2FN3O5/c1-26(2,37)17-11-21-23(22(31)12-17)28(16-3-5-18(29)6-4-16,39-38-15-27(9-10-27)25(32)36)34(24(21)35)14-20-8-7-19(30)13-33-20/h3-8,11-13,37H,9-10,14-15H2,1-2H3,(H2,32,36)/t28-/m1/s1. The maximum atomic E-state index is 16.1. The largest absolute Gasteiger partial charge is 0.386 e. The van der Waals surface area contributed by atoms with Crippen LogP contribution in [0.3, 0.4) is 0 Å². The number of rotatable bonds is 9. The van der Waals surface area contributed by atoms with Crippen LogP contribution in [-0.2, 0) is 32.4 Å². The van der Waals surface area contributed by atoms with Crippen LogP contribution >= 0.6 is 23.2 Å². The van der Waals surface area contributed by atoms with E-state index in [0.29, 0.717) is 34.1 Å². The summed E-state index contributed by atoms with van der Waals surface area (Å²) in [7, 11) is 0. The Kier molecular flexibility index (Phi) is 6.93. The smallest absolute Gasteiger partial charge is 0.257 e. The Morgan fingerprint density at radius 3 is 2.38 bits per heavy atom. The van der Waals surface area contributed by atoms with Crippen molar-refractivity contribution in [3.63, 3.8) is 0 Å². The number of fused-ring (bicyclic) bond motifs is 1. The van der Waals surface area contributed by atoms with E-state index in [4.69, 9.17) is 38.7 Å². The third kappa shape index (κ3) is 4.90. The normalized spacial score (nSPS) is 19.7. The number of benzene rings is 2. The molecule has 5 rings (SSSR count). The predicted octanol–water partition coefficient (Wildman–Crippen LogP) is 4.83. The number of halogens is 3. The number of nitrogens with two attached hydrogens (primary N) is 1. The molecule has 1 aromatic heterocycles. The molecule has 1 atom stereocenters. The summed E-state index contributed by atoms with van der Waals surface area (Å²) in [5.41, 5.74) is 2.16. The number of carbonyl (C=O) groups excluding carboxylic acids is 2. The Morgan fingerprint density at radius 1 is 1.15 bits per heavy atom. The van der Waals surface area contributed by atoms with E-state index >= 15 is 4.39 Å². The van der Waals surface area contributed by atoms with Crippen molar-refractivity contribution in [2.75, 3.05) is 6.61 Å². The van der Waals surface area contributed by atoms with Crippen LogP contribution in [0.2, 0.25) is 10.0 Å². The molecule has 3 aromatic rings. The number of nitrogens with zero attached hydrogens (tertiary/aromatic N) is 2. The Morgan fingerprint density at radius 2 is 1.82 bits per heavy atom. The summed E-state index contributed by atoms with van der Waals surface area (Å²) in [6.07, 6.45) is 2.48. The summed E-state index contributed by atoms with van der Waals surface area (Å²) in [6, 6.07) is 12.2. The zero-order valence-electron chi connectivity index (χ0n) is 21.2. The number of aromatic nitrogens is 1. The van der Waals surface area contributed by atoms with Gasteiger partial charge in [0.2, 0.25) is 11.6 Å². The van der Waals surface area contributed by atoms with E-state index in [9.17, 15) is 14.7 Å². The van der Waals surface area contributed by atoms with E-state index in [1.807, 2.05) is 0 Å². The molecule has 11 heteroatoms. The third-order valence-corrected chi connectivity index (χ3v) is 7.70. The van der Waals surface area contributed by atoms with Crippen LogP contribution in [0.5, 0.6) is 0 Å². The molecule has 0 radical (unpaired) electrons. The van der Waals surface area contributed by atoms with Crippen molar-refractivity contribution < 1.29 is 28.9 Å². The van der Waals surface area contributed by atoms with Crippen LogP contribution in [0.25, 0.3) is 0 Å². The van der Waals surface area contributed by atoms with Crippen molar-refractivity contribution in [1.82, 2.24) is 9.88 Å². The lowest BCUT2D eigenvalue weighted by Crippen LogP contribution is -2.47. The van der Waals surface area contributed by atoms with Crippen molar-refractivity contribution in [2.45, 2.75) is 44.6 Å². The first-order valence-corrected chi connectivity index (χ1v) is 13.0. The van der Waals surface area contributed by atoms with Crippen LogP contribution < -0.4 is 5.73 Å². The molecular weight excluding hydrogens is 548 g/mol. The topological polar surface area (TPSA) is 115 Å². The van der Waals surface area contributed by atoms with Crippen LogP contribution in [-0.4, -0.2) is 33.4 Å². The minimum atomic E-state index is -1.94. The summed E-state index contributed by atoms with van der Waals surface area (Å²) in [5, 5.41) is 11.4. The monoisotopic (exact) mass is 573 g/mol. The number of aliphatic hydroxyl groups is 1. The lowest BCUT2D eigenvalue weighted by molar-refractivity contribution is -0.387. The fraction of sp³-hybridized carbons (Fsp3) is 0.321. The first-order chi connectivity index (χ1) is 18.4. The van der Waals surface area contributed by atoms with E-state index in [1.165, 1.54) is 31.0 Å². The van der Waals surface area contributed by atoms with Gasteiger partial charge in [-0.25, -0.2) is 9.28 Å². The summed E-state index contributed by atoms with van der Waals surface area (Å²) >= 11 is 12.2. The zero-order chi connectivity index (χ0) is 28.2. The maximum absolute atomic E-state index is 16.1. The fourth-order valence-corrected chi connectivity index (χ4v) is 4.93. The summed E-state index contributed by atoms with van der Waals surface area (Å²) in [4.78, 5) is 43.3. The van der Waals surface area contributed by atoms with Crippen molar-refractivity contribution >= 4 is 35.0 Å². The molecule has 2 aliphatic rings. The van der Waals surface area contributed by atoms with E-state index in [2.05, 4.69) is 4.98 Å². The Bertz CT molecular complexity index is 1440. The number of hydrogen-bond donors (Lipinski definition) is 2. The maximum Gasteiger partial charge on any atom is 0.257 e. The number of pyridine rings is 1. The second kappa shape index (κ2) is 9.83. The van der Waals surface area contributed by atoms with Crippen molar-refractivity contribution in [3.05, 3.63) is 98.5 Å². The molecule has 8 nitrogen and oxygen atoms in total. The molecule has 0 spiro atoms. The Balaban J connectivity index is 1.69. The van der Waals surface area contributed by atoms with Gasteiger partial charge in [-0.15, -0.1) is 0 Å². The molecular formula is C28H26Cl2FN3O5. The van der Waals surface area contributed by atoms with Crippen LogP contribution in [0.4, 0.5) is 4.39 Å². The van der Waals surface area contributed by atoms with E-state index in [1.54, 1.807) is 36.4 Å². The molecule has 1 aliphatic carbocycles. The van der Waals surface area contributed by atoms with Gasteiger partial charge < -0.3 is 10.8 Å². The van der Waals surface area contributed by atoms with Crippen LogP contribution in [0.15, 0.2) is 54.7 Å². The second-order valence-electron chi connectivity index (χ2n) is 10.4. The predicted molar refractivity (Wildman–Crippen MR) is 141 cm³/mol. The molecule has 1 aliphatic heterocycles. The number of primary amides is 1. The van der Waals surface area contributed by atoms with Gasteiger partial charge in [0.25, 0.3) is 5.91 Å². The number of carbonyl (C=O) groups is 2. The molecule has 2 amide bonds. The van der Waals surface area contributed by atoms with Gasteiger partial charge in [-0.1, -0.05) is 35.3 Å². The molecule has 1 saturated carbocycles. The average molecular weight is 574 g/mol. The molecule has 3 N–H and O–H groups in total. The first kappa shape index (κ1) is 27.5. The second-order valence-corrected chi connectivity index (χ2v) is 11.3. The summed E-state index contributed by atoms with van der Waals surface area (Å²) < 4.78 is 16.1. The molecule has 39 heavy (non-hydrogen) atoms. The van der Waals surface area contributed by atoms with Gasteiger partial charge in [-0.05, 0) is 68.7 Å². The highest BCUT2D eigenvalue weighted by atomic mass is 35.5. The van der Waals surface area contributed by atoms with Gasteiger partial charge in [-0.3, -0.25) is 19.5 Å². The van der Waals surface area contributed by atoms with E-state index in [-0.39, 0.29) is 29.8 Å².